The Bertz CT molecular complexity index is 1290. The number of ether oxygens (including phenoxy) is 2. The molecule has 2 fully saturated rings. The van der Waals surface area contributed by atoms with Crippen molar-refractivity contribution in [1.82, 2.24) is 29.9 Å². The number of imidazole rings is 1. The maximum absolute atomic E-state index is 13.0. The third kappa shape index (κ3) is 6.37. The number of hydrogen-bond acceptors (Lipinski definition) is 11. The third-order valence-corrected chi connectivity index (χ3v) is 6.45. The first kappa shape index (κ1) is 25.4. The summed E-state index contributed by atoms with van der Waals surface area (Å²) in [4.78, 5) is 36.9. The first-order valence-corrected chi connectivity index (χ1v) is 12.6. The van der Waals surface area contributed by atoms with Gasteiger partial charge in [-0.05, 0) is 38.5 Å². The molecule has 0 radical (unpaired) electrons. The molecular weight excluding hydrogens is 494 g/mol. The maximum Gasteiger partial charge on any atom is 0.407 e. The lowest BCUT2D eigenvalue weighted by Crippen LogP contribution is -2.40. The largest absolute Gasteiger partial charge is 0.493 e. The number of nitrogens with zero attached hydrogens (tertiary/aromatic N) is 5. The van der Waals surface area contributed by atoms with Gasteiger partial charge in [0.1, 0.15) is 24.6 Å². The van der Waals surface area contributed by atoms with Gasteiger partial charge in [0.05, 0.1) is 18.5 Å². The summed E-state index contributed by atoms with van der Waals surface area (Å²) in [5, 5.41) is 26.8. The van der Waals surface area contributed by atoms with Crippen LogP contribution in [0.4, 0.5) is 22.1 Å². The van der Waals surface area contributed by atoms with Crippen LogP contribution >= 0.6 is 0 Å². The summed E-state index contributed by atoms with van der Waals surface area (Å²) in [6.07, 6.45) is 7.62. The van der Waals surface area contributed by atoms with E-state index in [4.69, 9.17) is 9.47 Å². The average molecular weight is 526 g/mol. The van der Waals surface area contributed by atoms with Crippen molar-refractivity contribution in [2.24, 2.45) is 0 Å². The molecule has 2 amide bonds. The molecule has 202 valence electrons. The molecule has 5 rings (SSSR count). The van der Waals surface area contributed by atoms with E-state index in [-0.39, 0.29) is 36.1 Å². The number of amides is 2. The molecule has 3 aromatic rings. The highest BCUT2D eigenvalue weighted by atomic mass is 16.6. The highest BCUT2D eigenvalue weighted by Gasteiger charge is 2.26. The van der Waals surface area contributed by atoms with Crippen LogP contribution in [0.2, 0.25) is 0 Å². The highest BCUT2D eigenvalue weighted by Crippen LogP contribution is 2.30. The lowest BCUT2D eigenvalue weighted by molar-refractivity contribution is 0.0950. The Balaban J connectivity index is 1.27. The molecule has 0 aliphatic heterocycles. The minimum absolute atomic E-state index is 0.0517. The molecule has 3 aromatic heterocycles. The predicted octanol–water partition coefficient (Wildman–Crippen LogP) is 2.15. The Morgan fingerprint density at radius 3 is 2.45 bits per heavy atom. The molecule has 38 heavy (non-hydrogen) atoms. The van der Waals surface area contributed by atoms with Crippen LogP contribution in [0.3, 0.4) is 0 Å². The van der Waals surface area contributed by atoms with Crippen LogP contribution in [-0.4, -0.2) is 80.1 Å². The Hall–Kier alpha value is -4.20. The molecule has 14 nitrogen and oxygen atoms in total. The molecule has 0 aromatic carbocycles. The average Bonchev–Trinajstić information content (AvgIpc) is 3.60. The number of rotatable bonds is 10. The number of carbonyl (C=O) groups is 2. The molecule has 5 N–H and O–H groups in total. The second-order valence-corrected chi connectivity index (χ2v) is 9.42. The predicted molar refractivity (Wildman–Crippen MR) is 137 cm³/mol. The monoisotopic (exact) mass is 525 g/mol. The number of alkyl carbamates (subject to hydrolysis) is 1. The van der Waals surface area contributed by atoms with Crippen LogP contribution in [0.25, 0.3) is 5.65 Å². The van der Waals surface area contributed by atoms with Gasteiger partial charge in [0, 0.05) is 37.4 Å². The van der Waals surface area contributed by atoms with E-state index >= 15 is 0 Å². The molecule has 2 aliphatic carbocycles. The zero-order chi connectivity index (χ0) is 26.5. The fraction of sp³-hybridized carbons (Fsp3) is 0.500. The molecule has 0 bridgehead atoms. The van der Waals surface area contributed by atoms with Crippen molar-refractivity contribution in [2.45, 2.75) is 56.7 Å². The standard InChI is InChI=1S/C24H31N9O5/c1-37-8-9-38-24(36)30-16-6-4-15(5-7-16)29-20-10-17(28-14-2-3-14)22-25-12-18(33(22)32-20)23(35)31-19-11-21(34)27-13-26-19/h10-16,28H,2-9H2,1H3,(H,29,32)(H,30,36)(H2,26,27,31,34,35)/t15-,16-. The Kier molecular flexibility index (Phi) is 7.67. The number of nitrogens with one attached hydrogen (secondary N) is 4. The van der Waals surface area contributed by atoms with Crippen LogP contribution in [0.1, 0.15) is 49.0 Å². The summed E-state index contributed by atoms with van der Waals surface area (Å²) in [5.74, 6) is 0.0576. The van der Waals surface area contributed by atoms with E-state index in [1.165, 1.54) is 16.8 Å². The number of aromatic hydroxyl groups is 1. The summed E-state index contributed by atoms with van der Waals surface area (Å²) in [5.41, 5.74) is 1.55. The van der Waals surface area contributed by atoms with Gasteiger partial charge in [0.15, 0.2) is 11.3 Å². The van der Waals surface area contributed by atoms with Crippen molar-refractivity contribution in [3.05, 3.63) is 30.4 Å². The summed E-state index contributed by atoms with van der Waals surface area (Å²) in [7, 11) is 1.56. The molecule has 0 unspecified atom stereocenters. The van der Waals surface area contributed by atoms with Crippen LogP contribution in [0.15, 0.2) is 24.7 Å². The zero-order valence-electron chi connectivity index (χ0n) is 21.0. The van der Waals surface area contributed by atoms with Crippen molar-refractivity contribution >= 4 is 35.0 Å². The fourth-order valence-electron chi connectivity index (χ4n) is 4.36. The van der Waals surface area contributed by atoms with Gasteiger partial charge in [-0.2, -0.15) is 0 Å². The lowest BCUT2D eigenvalue weighted by Gasteiger charge is -2.29. The van der Waals surface area contributed by atoms with Crippen molar-refractivity contribution in [3.63, 3.8) is 0 Å². The fourth-order valence-corrected chi connectivity index (χ4v) is 4.36. The van der Waals surface area contributed by atoms with Crippen molar-refractivity contribution in [3.8, 4) is 5.88 Å². The van der Waals surface area contributed by atoms with Gasteiger partial charge in [-0.3, -0.25) is 4.79 Å². The summed E-state index contributed by atoms with van der Waals surface area (Å²) in [6.45, 7) is 0.587. The van der Waals surface area contributed by atoms with Crippen molar-refractivity contribution < 1.29 is 24.2 Å². The summed E-state index contributed by atoms with van der Waals surface area (Å²) in [6, 6.07) is 3.75. The SMILES string of the molecule is COCCOC(=O)N[C@H]1CC[C@H](Nc2cc(NC3CC3)c3ncc(C(=O)Nc4cc(O)ncn4)n3n2)CC1. The van der Waals surface area contributed by atoms with Gasteiger partial charge in [0.25, 0.3) is 5.91 Å². The Morgan fingerprint density at radius 1 is 0.974 bits per heavy atom. The van der Waals surface area contributed by atoms with Crippen LogP contribution in [-0.2, 0) is 9.47 Å². The van der Waals surface area contributed by atoms with Crippen molar-refractivity contribution in [1.29, 1.82) is 0 Å². The van der Waals surface area contributed by atoms with Gasteiger partial charge in [-0.1, -0.05) is 0 Å². The van der Waals surface area contributed by atoms with E-state index < -0.39 is 12.0 Å². The maximum atomic E-state index is 13.0. The molecule has 14 heteroatoms. The van der Waals surface area contributed by atoms with E-state index in [0.717, 1.165) is 50.5 Å². The van der Waals surface area contributed by atoms with Crippen molar-refractivity contribution in [2.75, 3.05) is 36.3 Å². The normalized spacial score (nSPS) is 19.1. The molecule has 0 spiro atoms. The second kappa shape index (κ2) is 11.5. The third-order valence-electron chi connectivity index (χ3n) is 6.45. The lowest BCUT2D eigenvalue weighted by atomic mass is 9.91. The minimum atomic E-state index is -0.471. The van der Waals surface area contributed by atoms with Crippen LogP contribution in [0, 0.1) is 0 Å². The molecule has 0 saturated heterocycles. The number of methoxy groups -OCH3 is 1. The van der Waals surface area contributed by atoms with E-state index in [1.807, 2.05) is 6.07 Å². The van der Waals surface area contributed by atoms with Gasteiger partial charge >= 0.3 is 6.09 Å². The number of hydrogen-bond donors (Lipinski definition) is 5. The van der Waals surface area contributed by atoms with E-state index in [0.29, 0.717) is 24.1 Å². The summed E-state index contributed by atoms with van der Waals surface area (Å²) < 4.78 is 11.5. The van der Waals surface area contributed by atoms with Gasteiger partial charge in [0.2, 0.25) is 5.88 Å². The second-order valence-electron chi connectivity index (χ2n) is 9.42. The van der Waals surface area contributed by atoms with Gasteiger partial charge in [-0.25, -0.2) is 24.3 Å². The van der Waals surface area contributed by atoms with E-state index in [9.17, 15) is 14.7 Å². The first-order chi connectivity index (χ1) is 18.5. The highest BCUT2D eigenvalue weighted by molar-refractivity contribution is 6.03. The quantitative estimate of drug-likeness (QED) is 0.245. The minimum Gasteiger partial charge on any atom is -0.493 e. The topological polar surface area (TPSA) is 177 Å². The molecule has 2 saturated carbocycles. The molecule has 0 atom stereocenters. The molecular formula is C24H31N9O5. The number of fused-ring (bicyclic) bond motifs is 1. The Labute approximate surface area is 218 Å². The molecule has 2 aliphatic rings. The first-order valence-electron chi connectivity index (χ1n) is 12.6. The van der Waals surface area contributed by atoms with Crippen LogP contribution < -0.4 is 21.3 Å². The zero-order valence-corrected chi connectivity index (χ0v) is 21.0. The Morgan fingerprint density at radius 2 is 1.71 bits per heavy atom. The summed E-state index contributed by atoms with van der Waals surface area (Å²) >= 11 is 0. The molecule has 3 heterocycles. The number of carbonyl (C=O) groups excluding carboxylic acids is 2. The number of anilines is 3. The van der Waals surface area contributed by atoms with E-state index in [2.05, 4.69) is 41.3 Å². The smallest absolute Gasteiger partial charge is 0.407 e. The van der Waals surface area contributed by atoms with Gasteiger partial charge in [-0.15, -0.1) is 5.10 Å². The number of aromatic nitrogens is 5. The van der Waals surface area contributed by atoms with E-state index in [1.54, 1.807) is 7.11 Å². The van der Waals surface area contributed by atoms with Gasteiger partial charge < -0.3 is 35.8 Å². The van der Waals surface area contributed by atoms with Crippen LogP contribution in [0.5, 0.6) is 5.88 Å².